The van der Waals surface area contributed by atoms with Crippen molar-refractivity contribution in [3.05, 3.63) is 35.4 Å². The number of aryl methyl sites for hydroxylation is 1. The van der Waals surface area contributed by atoms with Gasteiger partial charge in [0.2, 0.25) is 0 Å². The van der Waals surface area contributed by atoms with Crippen molar-refractivity contribution in [3.8, 4) is 5.75 Å². The molecule has 24 heavy (non-hydrogen) atoms. The number of Topliss-reactive ketones (excluding diaryl/α,β-unsaturated/α-hetero) is 1. The molecule has 0 amide bonds. The van der Waals surface area contributed by atoms with Crippen LogP contribution >= 0.6 is 0 Å². The Morgan fingerprint density at radius 1 is 1.29 bits per heavy atom. The maximum Gasteiger partial charge on any atom is 0.139 e. The summed E-state index contributed by atoms with van der Waals surface area (Å²) < 4.78 is 5.36. The van der Waals surface area contributed by atoms with Gasteiger partial charge in [-0.1, -0.05) is 32.9 Å². The maximum atomic E-state index is 12.6. The van der Waals surface area contributed by atoms with Crippen molar-refractivity contribution in [1.82, 2.24) is 0 Å². The van der Waals surface area contributed by atoms with Crippen LogP contribution in [0, 0.1) is 17.3 Å². The van der Waals surface area contributed by atoms with E-state index in [-0.39, 0.29) is 5.41 Å². The zero-order valence-corrected chi connectivity index (χ0v) is 15.5. The summed E-state index contributed by atoms with van der Waals surface area (Å²) in [6, 6.07) is 6.41. The number of benzene rings is 1. The molecule has 1 aromatic carbocycles. The van der Waals surface area contributed by atoms with E-state index in [4.69, 9.17) is 4.74 Å². The number of ketones is 1. The molecule has 1 saturated carbocycles. The lowest BCUT2D eigenvalue weighted by Gasteiger charge is -2.32. The predicted octanol–water partition coefficient (Wildman–Crippen LogP) is 5.45. The Labute approximate surface area is 146 Å². The molecule has 1 fully saturated rings. The molecule has 0 heterocycles. The highest BCUT2D eigenvalue weighted by atomic mass is 16.5. The van der Waals surface area contributed by atoms with Gasteiger partial charge in [0.1, 0.15) is 11.5 Å². The van der Waals surface area contributed by atoms with Gasteiger partial charge in [-0.05, 0) is 72.8 Å². The Balaban J connectivity index is 1.87. The minimum absolute atomic E-state index is 0.175. The summed E-state index contributed by atoms with van der Waals surface area (Å²) >= 11 is 0. The van der Waals surface area contributed by atoms with Crippen molar-refractivity contribution in [2.24, 2.45) is 17.3 Å². The number of methoxy groups -OCH3 is 1. The van der Waals surface area contributed by atoms with Crippen LogP contribution in [0.25, 0.3) is 5.57 Å². The lowest BCUT2D eigenvalue weighted by Crippen LogP contribution is -2.31. The van der Waals surface area contributed by atoms with Crippen LogP contribution < -0.4 is 4.74 Å². The molecule has 0 spiro atoms. The van der Waals surface area contributed by atoms with Gasteiger partial charge < -0.3 is 4.74 Å². The number of rotatable bonds is 4. The molecule has 0 aliphatic heterocycles. The van der Waals surface area contributed by atoms with Gasteiger partial charge in [-0.2, -0.15) is 0 Å². The van der Waals surface area contributed by atoms with E-state index in [0.29, 0.717) is 17.6 Å². The van der Waals surface area contributed by atoms with E-state index in [1.54, 1.807) is 7.11 Å². The lowest BCUT2D eigenvalue weighted by molar-refractivity contribution is -0.126. The normalized spacial score (nSPS) is 28.5. The van der Waals surface area contributed by atoms with Gasteiger partial charge in [0.15, 0.2) is 0 Å². The molecule has 3 rings (SSSR count). The third-order valence-corrected chi connectivity index (χ3v) is 6.27. The Morgan fingerprint density at radius 3 is 2.79 bits per heavy atom. The van der Waals surface area contributed by atoms with Crippen LogP contribution in [0.3, 0.4) is 0 Å². The zero-order chi connectivity index (χ0) is 17.3. The van der Waals surface area contributed by atoms with Gasteiger partial charge in [-0.25, -0.2) is 0 Å². The fourth-order valence-corrected chi connectivity index (χ4v) is 4.80. The van der Waals surface area contributed by atoms with E-state index in [0.717, 1.165) is 37.9 Å². The largest absolute Gasteiger partial charge is 0.497 e. The van der Waals surface area contributed by atoms with Crippen LogP contribution in [0.4, 0.5) is 0 Å². The summed E-state index contributed by atoms with van der Waals surface area (Å²) in [4.78, 5) is 12.6. The second-order valence-electron chi connectivity index (χ2n) is 8.04. The molecule has 2 heteroatoms. The van der Waals surface area contributed by atoms with Gasteiger partial charge in [0.25, 0.3) is 0 Å². The molecule has 2 aliphatic rings. The molecule has 0 N–H and O–H groups in total. The highest BCUT2D eigenvalue weighted by Gasteiger charge is 2.46. The summed E-state index contributed by atoms with van der Waals surface area (Å²) in [5.74, 6) is 2.49. The molecule has 0 aromatic heterocycles. The molecular formula is C22H30O2. The quantitative estimate of drug-likeness (QED) is 0.736. The molecule has 130 valence electrons. The fraction of sp³-hybridized carbons (Fsp3) is 0.591. The molecule has 0 bridgehead atoms. The van der Waals surface area contributed by atoms with Gasteiger partial charge >= 0.3 is 0 Å². The number of carbonyl (C=O) groups is 1. The molecule has 2 nitrogen and oxygen atoms in total. The highest BCUT2D eigenvalue weighted by molar-refractivity contribution is 5.87. The van der Waals surface area contributed by atoms with Crippen LogP contribution in [-0.2, 0) is 11.2 Å². The average molecular weight is 326 g/mol. The van der Waals surface area contributed by atoms with E-state index >= 15 is 0 Å². The predicted molar refractivity (Wildman–Crippen MR) is 99.2 cm³/mol. The van der Waals surface area contributed by atoms with Crippen molar-refractivity contribution in [1.29, 1.82) is 0 Å². The van der Waals surface area contributed by atoms with Crippen LogP contribution in [0.1, 0.15) is 64.0 Å². The number of fused-ring (bicyclic) bond motifs is 1. The van der Waals surface area contributed by atoms with Gasteiger partial charge in [-0.3, -0.25) is 4.79 Å². The Hall–Kier alpha value is -1.57. The number of ether oxygens (including phenoxy) is 1. The molecule has 0 radical (unpaired) electrons. The number of hydrogen-bond acceptors (Lipinski definition) is 2. The average Bonchev–Trinajstić information content (AvgIpc) is 2.88. The first kappa shape index (κ1) is 17.3. The first-order valence-electron chi connectivity index (χ1n) is 9.35. The van der Waals surface area contributed by atoms with Crippen LogP contribution in [0.2, 0.25) is 0 Å². The molecule has 0 unspecified atom stereocenters. The maximum absolute atomic E-state index is 12.6. The van der Waals surface area contributed by atoms with Gasteiger partial charge in [0, 0.05) is 11.8 Å². The van der Waals surface area contributed by atoms with Gasteiger partial charge in [0.05, 0.1) is 7.11 Å². The Kier molecular flexibility index (Phi) is 4.85. The van der Waals surface area contributed by atoms with Gasteiger partial charge in [-0.15, -0.1) is 0 Å². The molecular weight excluding hydrogens is 296 g/mol. The van der Waals surface area contributed by atoms with Crippen molar-refractivity contribution >= 4 is 11.4 Å². The summed E-state index contributed by atoms with van der Waals surface area (Å²) in [5, 5.41) is 0. The third-order valence-electron chi connectivity index (χ3n) is 6.27. The number of hydrogen-bond donors (Lipinski definition) is 0. The second-order valence-corrected chi connectivity index (χ2v) is 8.04. The van der Waals surface area contributed by atoms with Crippen molar-refractivity contribution in [2.45, 2.75) is 59.3 Å². The second kappa shape index (κ2) is 6.74. The molecule has 2 atom stereocenters. The van der Waals surface area contributed by atoms with E-state index < -0.39 is 0 Å². The Bertz CT molecular complexity index is 656. The highest BCUT2D eigenvalue weighted by Crippen LogP contribution is 2.47. The lowest BCUT2D eigenvalue weighted by atomic mass is 9.70. The van der Waals surface area contributed by atoms with E-state index in [9.17, 15) is 4.79 Å². The number of allylic oxidation sites excluding steroid dienone is 2. The van der Waals surface area contributed by atoms with Crippen LogP contribution in [0.15, 0.2) is 24.3 Å². The van der Waals surface area contributed by atoms with Crippen molar-refractivity contribution < 1.29 is 9.53 Å². The summed E-state index contributed by atoms with van der Waals surface area (Å²) in [7, 11) is 1.72. The van der Waals surface area contributed by atoms with Crippen molar-refractivity contribution in [2.75, 3.05) is 7.11 Å². The van der Waals surface area contributed by atoms with E-state index in [2.05, 4.69) is 45.0 Å². The minimum atomic E-state index is -0.175. The van der Waals surface area contributed by atoms with E-state index in [1.165, 1.54) is 23.1 Å². The SMILES string of the molecule is COc1ccc2c(c1)CCC/C2=C/C[C@@]1(C)C(=O)CC[C@@H]1C(C)C. The topological polar surface area (TPSA) is 26.3 Å². The van der Waals surface area contributed by atoms with Crippen LogP contribution in [0.5, 0.6) is 5.75 Å². The minimum Gasteiger partial charge on any atom is -0.497 e. The summed E-state index contributed by atoms with van der Waals surface area (Å²) in [6.07, 6.45) is 8.49. The fourth-order valence-electron chi connectivity index (χ4n) is 4.80. The first-order chi connectivity index (χ1) is 11.5. The smallest absolute Gasteiger partial charge is 0.139 e. The number of carbonyl (C=O) groups excluding carboxylic acids is 1. The molecule has 1 aromatic rings. The molecule has 0 saturated heterocycles. The Morgan fingerprint density at radius 2 is 2.08 bits per heavy atom. The van der Waals surface area contributed by atoms with Crippen molar-refractivity contribution in [3.63, 3.8) is 0 Å². The zero-order valence-electron chi connectivity index (χ0n) is 15.5. The third kappa shape index (κ3) is 3.03. The summed E-state index contributed by atoms with van der Waals surface area (Å²) in [5.41, 5.74) is 3.99. The summed E-state index contributed by atoms with van der Waals surface area (Å²) in [6.45, 7) is 6.72. The van der Waals surface area contributed by atoms with E-state index in [1.807, 2.05) is 0 Å². The standard InChI is InChI=1S/C22H30O2/c1-15(2)20-10-11-21(23)22(20,3)13-12-16-6-5-7-17-14-18(24-4)8-9-19(16)17/h8-9,12,14-15,20H,5-7,10-11,13H2,1-4H3/b16-12-/t20-,22-/m1/s1. The monoisotopic (exact) mass is 326 g/mol. The van der Waals surface area contributed by atoms with Crippen LogP contribution in [-0.4, -0.2) is 12.9 Å². The molecule has 2 aliphatic carbocycles. The first-order valence-corrected chi connectivity index (χ1v) is 9.35.